The summed E-state index contributed by atoms with van der Waals surface area (Å²) in [4.78, 5) is 14.6. The Kier molecular flexibility index (Phi) is 5.19. The predicted molar refractivity (Wildman–Crippen MR) is 130 cm³/mol. The second kappa shape index (κ2) is 7.97. The average Bonchev–Trinajstić information content (AvgIpc) is 3.31. The SMILES string of the molecule is CC1(C)C(=O)N(c2cc(C(F)(F)F)cc(C(F)(F)F)c2)c2cc3c(cc21)CCC1=C3CCCc2cn[nH]c21. The van der Waals surface area contributed by atoms with Crippen molar-refractivity contribution >= 4 is 28.4 Å². The summed E-state index contributed by atoms with van der Waals surface area (Å²) in [6, 6.07) is 4.99. The lowest BCUT2D eigenvalue weighted by Crippen LogP contribution is -2.33. The first-order valence-electron chi connectivity index (χ1n) is 12.3. The molecule has 0 bridgehead atoms. The molecule has 1 aromatic heterocycles. The first-order chi connectivity index (χ1) is 17.8. The van der Waals surface area contributed by atoms with Gasteiger partial charge >= 0.3 is 12.4 Å². The van der Waals surface area contributed by atoms with E-state index in [9.17, 15) is 31.1 Å². The Morgan fingerprint density at radius 2 is 1.53 bits per heavy atom. The number of anilines is 2. The van der Waals surface area contributed by atoms with Crippen LogP contribution in [0, 0.1) is 0 Å². The highest BCUT2D eigenvalue weighted by Gasteiger charge is 2.47. The van der Waals surface area contributed by atoms with Crippen LogP contribution >= 0.6 is 0 Å². The summed E-state index contributed by atoms with van der Waals surface area (Å²) >= 11 is 0. The van der Waals surface area contributed by atoms with Crippen molar-refractivity contribution in [3.05, 3.63) is 75.6 Å². The number of benzene rings is 2. The van der Waals surface area contributed by atoms with E-state index in [0.717, 1.165) is 64.1 Å². The monoisotopic (exact) mass is 531 g/mol. The zero-order chi connectivity index (χ0) is 27.2. The standard InChI is InChI=1S/C28H23F6N3O/c1-26(2)22-8-14-6-7-20-19(5-3-4-15-13-35-36-24(15)20)21(14)12-23(22)37(25(26)38)18-10-16(27(29,30)31)9-17(11-18)28(32,33)34/h8-13H,3-7H2,1-2H3,(H,35,36). The number of allylic oxidation sites excluding steroid dienone is 2. The van der Waals surface area contributed by atoms with Crippen LogP contribution in [-0.2, 0) is 35.4 Å². The van der Waals surface area contributed by atoms with Crippen molar-refractivity contribution in [2.75, 3.05) is 4.90 Å². The number of rotatable bonds is 1. The van der Waals surface area contributed by atoms with Crippen LogP contribution < -0.4 is 4.90 Å². The maximum Gasteiger partial charge on any atom is 0.416 e. The summed E-state index contributed by atoms with van der Waals surface area (Å²) in [5.74, 6) is -0.576. The van der Waals surface area contributed by atoms with Crippen LogP contribution in [0.25, 0.3) is 11.1 Å². The molecule has 0 radical (unpaired) electrons. The Balaban J connectivity index is 1.57. The molecule has 2 aromatic carbocycles. The summed E-state index contributed by atoms with van der Waals surface area (Å²) in [5.41, 5.74) is 2.60. The Hall–Kier alpha value is -3.56. The Bertz CT molecular complexity index is 1490. The molecule has 0 atom stereocenters. The number of aromatic nitrogens is 2. The third-order valence-electron chi connectivity index (χ3n) is 7.93. The van der Waals surface area contributed by atoms with Gasteiger partial charge in [0.2, 0.25) is 5.91 Å². The second-order valence-electron chi connectivity index (χ2n) is 10.6. The topological polar surface area (TPSA) is 49.0 Å². The number of amides is 1. The number of halogens is 6. The largest absolute Gasteiger partial charge is 0.416 e. The lowest BCUT2D eigenvalue weighted by atomic mass is 9.78. The van der Waals surface area contributed by atoms with Crippen LogP contribution in [0.5, 0.6) is 0 Å². The zero-order valence-corrected chi connectivity index (χ0v) is 20.6. The third-order valence-corrected chi connectivity index (χ3v) is 7.93. The molecule has 2 heterocycles. The van der Waals surface area contributed by atoms with E-state index in [2.05, 4.69) is 10.2 Å². The third kappa shape index (κ3) is 3.67. The Morgan fingerprint density at radius 1 is 0.842 bits per heavy atom. The number of aryl methyl sites for hydroxylation is 2. The number of carbonyl (C=O) groups excluding carboxylic acids is 1. The number of hydrogen-bond acceptors (Lipinski definition) is 2. The molecule has 1 amide bonds. The molecule has 0 spiro atoms. The predicted octanol–water partition coefficient (Wildman–Crippen LogP) is 7.60. The number of H-pyrrole nitrogens is 1. The molecule has 2 aliphatic carbocycles. The van der Waals surface area contributed by atoms with Crippen LogP contribution in [0.1, 0.15) is 72.2 Å². The van der Waals surface area contributed by atoms with E-state index in [-0.39, 0.29) is 6.07 Å². The molecule has 198 valence electrons. The molecule has 6 rings (SSSR count). The summed E-state index contributed by atoms with van der Waals surface area (Å²) in [7, 11) is 0. The molecule has 1 aliphatic heterocycles. The van der Waals surface area contributed by atoms with Gasteiger partial charge in [0.25, 0.3) is 0 Å². The van der Waals surface area contributed by atoms with E-state index in [1.165, 1.54) is 0 Å². The molecule has 3 aliphatic rings. The highest BCUT2D eigenvalue weighted by atomic mass is 19.4. The molecule has 0 unspecified atom stereocenters. The quantitative estimate of drug-likeness (QED) is 0.329. The van der Waals surface area contributed by atoms with E-state index in [1.807, 2.05) is 12.3 Å². The Morgan fingerprint density at radius 3 is 2.18 bits per heavy atom. The lowest BCUT2D eigenvalue weighted by molar-refractivity contribution is -0.143. The molecule has 0 saturated carbocycles. The van der Waals surface area contributed by atoms with Gasteiger partial charge in [0, 0.05) is 0 Å². The maximum absolute atomic E-state index is 13.6. The molecular formula is C28H23F6N3O. The van der Waals surface area contributed by atoms with Gasteiger partial charge < -0.3 is 0 Å². The van der Waals surface area contributed by atoms with Crippen LogP contribution in [0.3, 0.4) is 0 Å². The van der Waals surface area contributed by atoms with Crippen LogP contribution in [-0.4, -0.2) is 16.1 Å². The number of nitrogens with one attached hydrogen (secondary N) is 1. The Labute approximate surface area is 214 Å². The van der Waals surface area contributed by atoms with Crippen molar-refractivity contribution in [1.29, 1.82) is 0 Å². The highest BCUT2D eigenvalue weighted by Crippen LogP contribution is 2.51. The smallest absolute Gasteiger partial charge is 0.280 e. The normalized spacial score (nSPS) is 18.6. The minimum atomic E-state index is -5.02. The molecule has 10 heteroatoms. The fraction of sp³-hybridized carbons (Fsp3) is 0.357. The zero-order valence-electron chi connectivity index (χ0n) is 20.6. The fourth-order valence-electron chi connectivity index (χ4n) is 5.99. The number of carbonyl (C=O) groups is 1. The molecule has 38 heavy (non-hydrogen) atoms. The first-order valence-corrected chi connectivity index (χ1v) is 12.3. The van der Waals surface area contributed by atoms with Crippen molar-refractivity contribution < 1.29 is 31.1 Å². The van der Waals surface area contributed by atoms with Crippen LogP contribution in [0.2, 0.25) is 0 Å². The van der Waals surface area contributed by atoms with E-state index in [4.69, 9.17) is 0 Å². The van der Waals surface area contributed by atoms with Gasteiger partial charge in [-0.1, -0.05) is 6.07 Å². The van der Waals surface area contributed by atoms with Gasteiger partial charge in [-0.2, -0.15) is 31.4 Å². The van der Waals surface area contributed by atoms with Gasteiger partial charge in [0.1, 0.15) is 0 Å². The van der Waals surface area contributed by atoms with Crippen LogP contribution in [0.4, 0.5) is 37.7 Å². The fourth-order valence-corrected chi connectivity index (χ4v) is 5.99. The summed E-state index contributed by atoms with van der Waals surface area (Å²) in [6.45, 7) is 3.30. The van der Waals surface area contributed by atoms with Gasteiger partial charge in [-0.3, -0.25) is 14.8 Å². The van der Waals surface area contributed by atoms with Gasteiger partial charge in [0.05, 0.1) is 39.8 Å². The molecule has 0 saturated heterocycles. The van der Waals surface area contributed by atoms with Crippen molar-refractivity contribution in [3.8, 4) is 0 Å². The highest BCUT2D eigenvalue weighted by molar-refractivity contribution is 6.13. The maximum atomic E-state index is 13.6. The van der Waals surface area contributed by atoms with E-state index in [0.29, 0.717) is 29.8 Å². The van der Waals surface area contributed by atoms with Crippen molar-refractivity contribution in [2.45, 2.75) is 63.7 Å². The minimum Gasteiger partial charge on any atom is -0.280 e. The number of hydrogen-bond donors (Lipinski definition) is 1. The molecule has 0 fully saturated rings. The number of nitrogens with zero attached hydrogens (tertiary/aromatic N) is 2. The van der Waals surface area contributed by atoms with Gasteiger partial charge in [-0.15, -0.1) is 0 Å². The number of alkyl halides is 6. The van der Waals surface area contributed by atoms with Crippen molar-refractivity contribution in [3.63, 3.8) is 0 Å². The summed E-state index contributed by atoms with van der Waals surface area (Å²) in [5, 5.41) is 7.28. The first kappa shape index (κ1) is 24.8. The van der Waals surface area contributed by atoms with Crippen molar-refractivity contribution in [2.24, 2.45) is 0 Å². The molecule has 1 N–H and O–H groups in total. The second-order valence-corrected chi connectivity index (χ2v) is 10.6. The number of fused-ring (bicyclic) bond motifs is 5. The number of aromatic amines is 1. The molecule has 4 nitrogen and oxygen atoms in total. The van der Waals surface area contributed by atoms with E-state index < -0.39 is 40.5 Å². The van der Waals surface area contributed by atoms with Gasteiger partial charge in [-0.05, 0) is 104 Å². The minimum absolute atomic E-state index is 0.0769. The van der Waals surface area contributed by atoms with Crippen LogP contribution in [0.15, 0.2) is 36.5 Å². The summed E-state index contributed by atoms with van der Waals surface area (Å²) in [6.07, 6.45) is -4.26. The summed E-state index contributed by atoms with van der Waals surface area (Å²) < 4.78 is 81.8. The lowest BCUT2D eigenvalue weighted by Gasteiger charge is -2.26. The van der Waals surface area contributed by atoms with Crippen molar-refractivity contribution in [1.82, 2.24) is 10.2 Å². The van der Waals surface area contributed by atoms with Gasteiger partial charge in [0.15, 0.2) is 0 Å². The van der Waals surface area contributed by atoms with Gasteiger partial charge in [-0.25, -0.2) is 0 Å². The molecule has 3 aromatic rings. The van der Waals surface area contributed by atoms with E-state index >= 15 is 0 Å². The average molecular weight is 532 g/mol. The van der Waals surface area contributed by atoms with E-state index in [1.54, 1.807) is 19.9 Å². The molecular weight excluding hydrogens is 508 g/mol.